The second kappa shape index (κ2) is 6.97. The van der Waals surface area contributed by atoms with Crippen LogP contribution in [0.4, 0.5) is 5.69 Å². The molecule has 0 saturated heterocycles. The molecule has 0 radical (unpaired) electrons. The fraction of sp³-hybridized carbons (Fsp3) is 0.300. The lowest BCUT2D eigenvalue weighted by Crippen LogP contribution is -2.00. The first-order valence-electron chi connectivity index (χ1n) is 8.15. The van der Waals surface area contributed by atoms with Crippen LogP contribution >= 0.6 is 0 Å². The molecule has 0 unspecified atom stereocenters. The van der Waals surface area contributed by atoms with Crippen LogP contribution < -0.4 is 24.3 Å². The van der Waals surface area contributed by atoms with Crippen LogP contribution in [0.5, 0.6) is 23.0 Å². The maximum absolute atomic E-state index is 5.71. The first kappa shape index (κ1) is 17.0. The van der Waals surface area contributed by atoms with E-state index in [2.05, 4.69) is 24.4 Å². The van der Waals surface area contributed by atoms with Gasteiger partial charge in [-0.25, -0.2) is 0 Å². The van der Waals surface area contributed by atoms with Crippen LogP contribution in [0.1, 0.15) is 6.92 Å². The highest BCUT2D eigenvalue weighted by molar-refractivity contribution is 6.17. The second-order valence-electron chi connectivity index (χ2n) is 5.61. The summed E-state index contributed by atoms with van der Waals surface area (Å²) in [5, 5.41) is 7.53. The third-order valence-corrected chi connectivity index (χ3v) is 4.31. The standard InChI is InChI=1S/C20H23NO4/c1-6-21-16-9-12-10-17(23-3)19(24-4)20(25-5)18(12)15-11-13(22-2)7-8-14(15)16/h7-11,21H,6H2,1-5H3. The van der Waals surface area contributed by atoms with Crippen LogP contribution in [-0.4, -0.2) is 35.0 Å². The van der Waals surface area contributed by atoms with E-state index in [0.29, 0.717) is 17.2 Å². The summed E-state index contributed by atoms with van der Waals surface area (Å²) in [4.78, 5) is 0. The van der Waals surface area contributed by atoms with Gasteiger partial charge in [0.05, 0.1) is 28.4 Å². The van der Waals surface area contributed by atoms with E-state index in [1.807, 2.05) is 18.2 Å². The summed E-state index contributed by atoms with van der Waals surface area (Å²) in [5.74, 6) is 2.66. The zero-order valence-electron chi connectivity index (χ0n) is 15.2. The van der Waals surface area contributed by atoms with Crippen LogP contribution in [0.25, 0.3) is 21.5 Å². The van der Waals surface area contributed by atoms with Crippen molar-refractivity contribution in [1.29, 1.82) is 0 Å². The molecule has 0 heterocycles. The highest BCUT2D eigenvalue weighted by atomic mass is 16.5. The predicted molar refractivity (Wildman–Crippen MR) is 102 cm³/mol. The molecule has 0 aliphatic carbocycles. The van der Waals surface area contributed by atoms with E-state index >= 15 is 0 Å². The molecule has 0 aromatic heterocycles. The molecule has 3 aromatic carbocycles. The summed E-state index contributed by atoms with van der Waals surface area (Å²) < 4.78 is 22.2. The highest BCUT2D eigenvalue weighted by Crippen LogP contribution is 2.47. The van der Waals surface area contributed by atoms with E-state index in [1.165, 1.54) is 0 Å². The molecule has 0 aliphatic heterocycles. The number of anilines is 1. The number of benzene rings is 3. The van der Waals surface area contributed by atoms with Crippen molar-refractivity contribution in [2.24, 2.45) is 0 Å². The lowest BCUT2D eigenvalue weighted by atomic mass is 9.98. The van der Waals surface area contributed by atoms with E-state index in [4.69, 9.17) is 18.9 Å². The first-order chi connectivity index (χ1) is 12.2. The van der Waals surface area contributed by atoms with Gasteiger partial charge in [-0.3, -0.25) is 0 Å². The van der Waals surface area contributed by atoms with Gasteiger partial charge in [0.25, 0.3) is 0 Å². The largest absolute Gasteiger partial charge is 0.497 e. The van der Waals surface area contributed by atoms with Gasteiger partial charge in [0.15, 0.2) is 11.5 Å². The number of ether oxygens (including phenoxy) is 4. The lowest BCUT2D eigenvalue weighted by Gasteiger charge is -2.18. The summed E-state index contributed by atoms with van der Waals surface area (Å²) in [6.45, 7) is 2.91. The summed E-state index contributed by atoms with van der Waals surface area (Å²) in [7, 11) is 6.54. The molecular formula is C20H23NO4. The second-order valence-corrected chi connectivity index (χ2v) is 5.61. The fourth-order valence-electron chi connectivity index (χ4n) is 3.23. The van der Waals surface area contributed by atoms with Crippen LogP contribution in [0.3, 0.4) is 0 Å². The Hall–Kier alpha value is -2.82. The first-order valence-corrected chi connectivity index (χ1v) is 8.15. The van der Waals surface area contributed by atoms with Gasteiger partial charge >= 0.3 is 0 Å². The molecule has 3 rings (SSSR count). The molecule has 0 aliphatic rings. The minimum Gasteiger partial charge on any atom is -0.497 e. The average Bonchev–Trinajstić information content (AvgIpc) is 2.65. The maximum Gasteiger partial charge on any atom is 0.203 e. The Morgan fingerprint density at radius 1 is 0.800 bits per heavy atom. The summed E-state index contributed by atoms with van der Waals surface area (Å²) in [5.41, 5.74) is 1.06. The maximum atomic E-state index is 5.71. The van der Waals surface area contributed by atoms with Gasteiger partial charge in [0.2, 0.25) is 5.75 Å². The zero-order valence-corrected chi connectivity index (χ0v) is 15.2. The van der Waals surface area contributed by atoms with Gasteiger partial charge in [-0.1, -0.05) is 0 Å². The monoisotopic (exact) mass is 341 g/mol. The molecule has 3 aromatic rings. The molecule has 25 heavy (non-hydrogen) atoms. The number of nitrogens with one attached hydrogen (secondary N) is 1. The fourth-order valence-corrected chi connectivity index (χ4v) is 3.23. The Morgan fingerprint density at radius 2 is 1.56 bits per heavy atom. The van der Waals surface area contributed by atoms with Gasteiger partial charge in [-0.05, 0) is 48.0 Å². The van der Waals surface area contributed by atoms with Crippen molar-refractivity contribution in [1.82, 2.24) is 0 Å². The van der Waals surface area contributed by atoms with Crippen molar-refractivity contribution < 1.29 is 18.9 Å². The summed E-state index contributed by atoms with van der Waals surface area (Å²) in [6, 6.07) is 10.1. The smallest absolute Gasteiger partial charge is 0.203 e. The molecule has 5 nitrogen and oxygen atoms in total. The summed E-state index contributed by atoms with van der Waals surface area (Å²) >= 11 is 0. The molecule has 5 heteroatoms. The number of rotatable bonds is 6. The highest BCUT2D eigenvalue weighted by Gasteiger charge is 2.19. The molecule has 0 fully saturated rings. The zero-order chi connectivity index (χ0) is 18.0. The van der Waals surface area contributed by atoms with Gasteiger partial charge in [0, 0.05) is 23.0 Å². The number of hydrogen-bond acceptors (Lipinski definition) is 5. The Morgan fingerprint density at radius 3 is 2.16 bits per heavy atom. The van der Waals surface area contributed by atoms with E-state index in [9.17, 15) is 0 Å². The SMILES string of the molecule is CCNc1cc2cc(OC)c(OC)c(OC)c2c2cc(OC)ccc12. The molecule has 0 bridgehead atoms. The van der Waals surface area contributed by atoms with Crippen LogP contribution in [0, 0.1) is 0 Å². The van der Waals surface area contributed by atoms with Gasteiger partial charge < -0.3 is 24.3 Å². The molecular weight excluding hydrogens is 318 g/mol. The van der Waals surface area contributed by atoms with Gasteiger partial charge in [-0.2, -0.15) is 0 Å². The Bertz CT molecular complexity index is 921. The molecule has 0 saturated carbocycles. The topological polar surface area (TPSA) is 49.0 Å². The van der Waals surface area contributed by atoms with Gasteiger partial charge in [0.1, 0.15) is 5.75 Å². The minimum absolute atomic E-state index is 0.581. The normalized spacial score (nSPS) is 10.8. The van der Waals surface area contributed by atoms with Gasteiger partial charge in [-0.15, -0.1) is 0 Å². The molecule has 132 valence electrons. The minimum atomic E-state index is 0.581. The van der Waals surface area contributed by atoms with E-state index in [1.54, 1.807) is 28.4 Å². The summed E-state index contributed by atoms with van der Waals surface area (Å²) in [6.07, 6.45) is 0. The van der Waals surface area contributed by atoms with Crippen molar-refractivity contribution in [2.75, 3.05) is 40.3 Å². The van der Waals surface area contributed by atoms with Crippen molar-refractivity contribution in [2.45, 2.75) is 6.92 Å². The van der Waals surface area contributed by atoms with Crippen molar-refractivity contribution in [3.05, 3.63) is 30.3 Å². The molecule has 0 atom stereocenters. The van der Waals surface area contributed by atoms with Crippen LogP contribution in [0.2, 0.25) is 0 Å². The van der Waals surface area contributed by atoms with Crippen molar-refractivity contribution in [3.8, 4) is 23.0 Å². The average molecular weight is 341 g/mol. The van der Waals surface area contributed by atoms with E-state index < -0.39 is 0 Å². The Labute approximate surface area is 147 Å². The number of methoxy groups -OCH3 is 4. The van der Waals surface area contributed by atoms with Crippen molar-refractivity contribution >= 4 is 27.2 Å². The molecule has 1 N–H and O–H groups in total. The molecule has 0 amide bonds. The Balaban J connectivity index is 2.52. The van der Waals surface area contributed by atoms with E-state index in [-0.39, 0.29) is 0 Å². The number of hydrogen-bond donors (Lipinski definition) is 1. The van der Waals surface area contributed by atoms with Crippen molar-refractivity contribution in [3.63, 3.8) is 0 Å². The lowest BCUT2D eigenvalue weighted by molar-refractivity contribution is 0.327. The quantitative estimate of drug-likeness (QED) is 0.671. The van der Waals surface area contributed by atoms with Crippen LogP contribution in [0.15, 0.2) is 30.3 Å². The number of fused-ring (bicyclic) bond motifs is 3. The van der Waals surface area contributed by atoms with Crippen LogP contribution in [-0.2, 0) is 0 Å². The molecule has 0 spiro atoms. The third-order valence-electron chi connectivity index (χ3n) is 4.31. The third kappa shape index (κ3) is 2.76. The Kier molecular flexibility index (Phi) is 4.74. The van der Waals surface area contributed by atoms with E-state index in [0.717, 1.165) is 39.5 Å². The predicted octanol–water partition coefficient (Wildman–Crippen LogP) is 4.46.